The average Bonchev–Trinajstić information content (AvgIpc) is 2.63. The van der Waals surface area contributed by atoms with E-state index in [1.165, 1.54) is 6.07 Å². The van der Waals surface area contributed by atoms with Crippen LogP contribution in [0, 0.1) is 5.82 Å². The van der Waals surface area contributed by atoms with Crippen LogP contribution in [0.15, 0.2) is 18.2 Å². The third-order valence-electron chi connectivity index (χ3n) is 5.06. The van der Waals surface area contributed by atoms with E-state index >= 15 is 0 Å². The van der Waals surface area contributed by atoms with Crippen molar-refractivity contribution in [3.8, 4) is 0 Å². The second-order valence-electron chi connectivity index (χ2n) is 6.91. The number of benzene rings is 1. The van der Waals surface area contributed by atoms with E-state index in [4.69, 9.17) is 16.7 Å². The van der Waals surface area contributed by atoms with Crippen LogP contribution in [-0.2, 0) is 16.1 Å². The number of carboxylic acids is 1. The Bertz CT molecular complexity index is 645. The van der Waals surface area contributed by atoms with Crippen molar-refractivity contribution in [1.29, 1.82) is 0 Å². The normalized spacial score (nSPS) is 16.6. The minimum absolute atomic E-state index is 0.0227. The van der Waals surface area contributed by atoms with Gasteiger partial charge in [-0.25, -0.2) is 4.39 Å². The molecule has 0 spiro atoms. The van der Waals surface area contributed by atoms with Crippen LogP contribution < -0.4 is 0 Å². The first kappa shape index (κ1) is 21.6. The molecule has 0 saturated carbocycles. The fourth-order valence-corrected chi connectivity index (χ4v) is 3.36. The van der Waals surface area contributed by atoms with Crippen molar-refractivity contribution in [1.82, 2.24) is 14.7 Å². The molecule has 1 aromatic rings. The van der Waals surface area contributed by atoms with Crippen molar-refractivity contribution in [2.45, 2.75) is 32.9 Å². The Labute approximate surface area is 164 Å². The number of aliphatic carboxylic acids is 1. The minimum atomic E-state index is -0.935. The maximum absolute atomic E-state index is 13.9. The molecule has 8 heteroatoms. The van der Waals surface area contributed by atoms with Crippen molar-refractivity contribution in [2.75, 3.05) is 39.3 Å². The van der Waals surface area contributed by atoms with Crippen LogP contribution in [0.4, 0.5) is 4.39 Å². The highest BCUT2D eigenvalue weighted by atomic mass is 35.5. The average molecular weight is 400 g/mol. The summed E-state index contributed by atoms with van der Waals surface area (Å²) in [5.41, 5.74) is 0.475. The van der Waals surface area contributed by atoms with Crippen LogP contribution in [0.3, 0.4) is 0 Å². The van der Waals surface area contributed by atoms with Crippen LogP contribution in [0.2, 0.25) is 5.02 Å². The SMILES string of the molecule is CCC(C)N(CC(=O)O)CC(=O)N1CCN(Cc2c(F)cccc2Cl)CC1. The predicted molar refractivity (Wildman–Crippen MR) is 102 cm³/mol. The van der Waals surface area contributed by atoms with E-state index in [1.54, 1.807) is 21.9 Å². The van der Waals surface area contributed by atoms with E-state index in [1.807, 2.05) is 13.8 Å². The first-order chi connectivity index (χ1) is 12.8. The zero-order valence-corrected chi connectivity index (χ0v) is 16.6. The van der Waals surface area contributed by atoms with Gasteiger partial charge in [0.05, 0.1) is 13.1 Å². The monoisotopic (exact) mass is 399 g/mol. The van der Waals surface area contributed by atoms with Gasteiger partial charge in [0.2, 0.25) is 5.91 Å². The van der Waals surface area contributed by atoms with E-state index in [0.29, 0.717) is 43.3 Å². The Balaban J connectivity index is 1.88. The lowest BCUT2D eigenvalue weighted by molar-refractivity contribution is -0.141. The Morgan fingerprint density at radius 2 is 1.93 bits per heavy atom. The quantitative estimate of drug-likeness (QED) is 0.726. The van der Waals surface area contributed by atoms with Crippen LogP contribution >= 0.6 is 11.6 Å². The van der Waals surface area contributed by atoms with E-state index in [9.17, 15) is 14.0 Å². The molecule has 0 bridgehead atoms. The molecule has 1 saturated heterocycles. The van der Waals surface area contributed by atoms with Gasteiger partial charge in [0.1, 0.15) is 5.82 Å². The molecule has 2 rings (SSSR count). The van der Waals surface area contributed by atoms with E-state index < -0.39 is 5.97 Å². The number of rotatable bonds is 8. The van der Waals surface area contributed by atoms with Gasteiger partial charge in [0.25, 0.3) is 0 Å². The zero-order valence-electron chi connectivity index (χ0n) is 15.8. The number of hydrogen-bond acceptors (Lipinski definition) is 4. The number of nitrogens with zero attached hydrogens (tertiary/aromatic N) is 3. The van der Waals surface area contributed by atoms with Crippen molar-refractivity contribution in [3.05, 3.63) is 34.6 Å². The molecule has 150 valence electrons. The lowest BCUT2D eigenvalue weighted by Crippen LogP contribution is -2.52. The summed E-state index contributed by atoms with van der Waals surface area (Å²) in [6, 6.07) is 4.67. The highest BCUT2D eigenvalue weighted by Crippen LogP contribution is 2.21. The Morgan fingerprint density at radius 1 is 1.26 bits per heavy atom. The molecule has 0 aliphatic carbocycles. The standard InChI is InChI=1S/C19H27ClFN3O3/c1-3-14(2)24(13-19(26)27)12-18(25)23-9-7-22(8-10-23)11-15-16(20)5-4-6-17(15)21/h4-6,14H,3,7-13H2,1-2H3,(H,26,27). The topological polar surface area (TPSA) is 64.1 Å². The van der Waals surface area contributed by atoms with E-state index in [2.05, 4.69) is 4.90 Å². The number of amides is 1. The van der Waals surface area contributed by atoms with Gasteiger partial charge in [-0.3, -0.25) is 19.4 Å². The number of hydrogen-bond donors (Lipinski definition) is 1. The van der Waals surface area contributed by atoms with Gasteiger partial charge in [-0.05, 0) is 25.5 Å². The fourth-order valence-electron chi connectivity index (χ4n) is 3.14. The lowest BCUT2D eigenvalue weighted by atomic mass is 10.1. The van der Waals surface area contributed by atoms with Gasteiger partial charge < -0.3 is 10.0 Å². The van der Waals surface area contributed by atoms with Gasteiger partial charge in [0.15, 0.2) is 0 Å². The molecule has 6 nitrogen and oxygen atoms in total. The number of carbonyl (C=O) groups excluding carboxylic acids is 1. The number of halogens is 2. The number of carbonyl (C=O) groups is 2. The maximum atomic E-state index is 13.9. The molecule has 0 radical (unpaired) electrons. The van der Waals surface area contributed by atoms with Gasteiger partial charge in [-0.15, -0.1) is 0 Å². The molecule has 1 aliphatic rings. The van der Waals surface area contributed by atoms with Gasteiger partial charge in [0, 0.05) is 49.4 Å². The van der Waals surface area contributed by atoms with Crippen LogP contribution in [0.1, 0.15) is 25.8 Å². The fraction of sp³-hybridized carbons (Fsp3) is 0.579. The molecule has 1 heterocycles. The van der Waals surface area contributed by atoms with Gasteiger partial charge >= 0.3 is 5.97 Å². The molecular formula is C19H27ClFN3O3. The van der Waals surface area contributed by atoms with Crippen molar-refractivity contribution in [3.63, 3.8) is 0 Å². The molecular weight excluding hydrogens is 373 g/mol. The molecule has 1 N–H and O–H groups in total. The highest BCUT2D eigenvalue weighted by Gasteiger charge is 2.26. The summed E-state index contributed by atoms with van der Waals surface area (Å²) < 4.78 is 13.9. The summed E-state index contributed by atoms with van der Waals surface area (Å²) in [7, 11) is 0. The summed E-state index contributed by atoms with van der Waals surface area (Å²) in [6.45, 7) is 6.57. The minimum Gasteiger partial charge on any atom is -0.480 e. The van der Waals surface area contributed by atoms with Gasteiger partial charge in [-0.1, -0.05) is 24.6 Å². The van der Waals surface area contributed by atoms with Crippen molar-refractivity contribution >= 4 is 23.5 Å². The lowest BCUT2D eigenvalue weighted by Gasteiger charge is -2.36. The second kappa shape index (κ2) is 10.0. The summed E-state index contributed by atoms with van der Waals surface area (Å²) >= 11 is 6.09. The molecule has 1 unspecified atom stereocenters. The third kappa shape index (κ3) is 6.16. The second-order valence-corrected chi connectivity index (χ2v) is 7.32. The van der Waals surface area contributed by atoms with Gasteiger partial charge in [-0.2, -0.15) is 0 Å². The number of piperazine rings is 1. The summed E-state index contributed by atoms with van der Waals surface area (Å²) in [6.07, 6.45) is 0.776. The zero-order chi connectivity index (χ0) is 20.0. The van der Waals surface area contributed by atoms with Crippen molar-refractivity contribution < 1.29 is 19.1 Å². The molecule has 1 aromatic carbocycles. The first-order valence-electron chi connectivity index (χ1n) is 9.20. The van der Waals surface area contributed by atoms with E-state index in [-0.39, 0.29) is 30.9 Å². The number of carboxylic acid groups (broad SMARTS) is 1. The Morgan fingerprint density at radius 3 is 2.48 bits per heavy atom. The van der Waals surface area contributed by atoms with E-state index in [0.717, 1.165) is 6.42 Å². The predicted octanol–water partition coefficient (Wildman–Crippen LogP) is 2.31. The molecule has 1 aliphatic heterocycles. The third-order valence-corrected chi connectivity index (χ3v) is 5.41. The van der Waals surface area contributed by atoms with Crippen LogP contribution in [0.5, 0.6) is 0 Å². The Kier molecular flexibility index (Phi) is 8.01. The van der Waals surface area contributed by atoms with Crippen LogP contribution in [0.25, 0.3) is 0 Å². The molecule has 27 heavy (non-hydrogen) atoms. The molecule has 1 fully saturated rings. The largest absolute Gasteiger partial charge is 0.480 e. The van der Waals surface area contributed by atoms with Crippen LogP contribution in [-0.4, -0.2) is 77.0 Å². The molecule has 1 amide bonds. The molecule has 0 aromatic heterocycles. The first-order valence-corrected chi connectivity index (χ1v) is 9.58. The Hall–Kier alpha value is -1.70. The smallest absolute Gasteiger partial charge is 0.317 e. The molecule has 1 atom stereocenters. The summed E-state index contributed by atoms with van der Waals surface area (Å²) in [5.74, 6) is -1.33. The summed E-state index contributed by atoms with van der Waals surface area (Å²) in [5, 5.41) is 9.47. The van der Waals surface area contributed by atoms with Crippen molar-refractivity contribution in [2.24, 2.45) is 0 Å². The summed E-state index contributed by atoms with van der Waals surface area (Å²) in [4.78, 5) is 29.1. The maximum Gasteiger partial charge on any atom is 0.317 e. The highest BCUT2D eigenvalue weighted by molar-refractivity contribution is 6.31.